The zero-order valence-electron chi connectivity index (χ0n) is 14.4. The Morgan fingerprint density at radius 1 is 1.27 bits per heavy atom. The van der Waals surface area contributed by atoms with Crippen molar-refractivity contribution in [1.82, 2.24) is 10.2 Å². The molecule has 0 aromatic heterocycles. The number of amides is 1. The van der Waals surface area contributed by atoms with Crippen LogP contribution in [0.5, 0.6) is 0 Å². The number of carbonyl (C=O) groups is 2. The third kappa shape index (κ3) is 5.83. The monoisotopic (exact) mass is 314 g/mol. The van der Waals surface area contributed by atoms with Gasteiger partial charge in [-0.15, -0.1) is 0 Å². The maximum absolute atomic E-state index is 12.5. The van der Waals surface area contributed by atoms with Crippen molar-refractivity contribution in [2.24, 2.45) is 0 Å². The van der Waals surface area contributed by atoms with Crippen LogP contribution >= 0.6 is 0 Å². The molecule has 128 valence electrons. The van der Waals surface area contributed by atoms with Gasteiger partial charge in [0.15, 0.2) is 0 Å². The maximum atomic E-state index is 12.5. The molecule has 0 heterocycles. The molecule has 1 fully saturated rings. The summed E-state index contributed by atoms with van der Waals surface area (Å²) in [5.74, 6) is -0.877. The van der Waals surface area contributed by atoms with Crippen LogP contribution in [0.15, 0.2) is 0 Å². The Morgan fingerprint density at radius 2 is 1.86 bits per heavy atom. The van der Waals surface area contributed by atoms with Crippen molar-refractivity contribution in [2.75, 3.05) is 6.54 Å². The Labute approximate surface area is 133 Å². The molecule has 1 aliphatic rings. The van der Waals surface area contributed by atoms with Gasteiger partial charge in [-0.1, -0.05) is 12.8 Å². The first kappa shape index (κ1) is 18.7. The molecule has 22 heavy (non-hydrogen) atoms. The van der Waals surface area contributed by atoms with Crippen molar-refractivity contribution in [1.29, 1.82) is 0 Å². The van der Waals surface area contributed by atoms with E-state index in [-0.39, 0.29) is 30.8 Å². The van der Waals surface area contributed by atoms with Crippen LogP contribution in [0.3, 0.4) is 0 Å². The van der Waals surface area contributed by atoms with Crippen molar-refractivity contribution in [3.8, 4) is 0 Å². The van der Waals surface area contributed by atoms with Gasteiger partial charge in [0.25, 0.3) is 0 Å². The van der Waals surface area contributed by atoms with E-state index in [4.69, 9.17) is 9.84 Å². The van der Waals surface area contributed by atoms with E-state index >= 15 is 0 Å². The highest BCUT2D eigenvalue weighted by atomic mass is 16.6. The molecule has 6 nitrogen and oxygen atoms in total. The Kier molecular flexibility index (Phi) is 6.66. The molecule has 1 amide bonds. The summed E-state index contributed by atoms with van der Waals surface area (Å²) in [6.45, 7) is 9.40. The van der Waals surface area contributed by atoms with E-state index in [1.54, 1.807) is 4.90 Å². The topological polar surface area (TPSA) is 78.9 Å². The lowest BCUT2D eigenvalue weighted by Crippen LogP contribution is -2.57. The number of nitrogens with one attached hydrogen (secondary N) is 1. The molecule has 2 N–H and O–H groups in total. The van der Waals surface area contributed by atoms with Crippen LogP contribution in [0.25, 0.3) is 0 Å². The van der Waals surface area contributed by atoms with Gasteiger partial charge in [0.2, 0.25) is 0 Å². The minimum atomic E-state index is -0.877. The van der Waals surface area contributed by atoms with Gasteiger partial charge in [0.1, 0.15) is 5.60 Å². The van der Waals surface area contributed by atoms with E-state index in [0.29, 0.717) is 0 Å². The van der Waals surface area contributed by atoms with Crippen LogP contribution < -0.4 is 5.32 Å². The minimum Gasteiger partial charge on any atom is -0.480 e. The van der Waals surface area contributed by atoms with E-state index in [1.807, 2.05) is 34.6 Å². The smallest absolute Gasteiger partial charge is 0.410 e. The van der Waals surface area contributed by atoms with Crippen LogP contribution in [0, 0.1) is 0 Å². The van der Waals surface area contributed by atoms with E-state index in [2.05, 4.69) is 5.32 Å². The van der Waals surface area contributed by atoms with E-state index < -0.39 is 11.6 Å². The third-order valence-corrected chi connectivity index (χ3v) is 3.76. The van der Waals surface area contributed by atoms with Gasteiger partial charge in [0, 0.05) is 12.1 Å². The lowest BCUT2D eigenvalue weighted by molar-refractivity contribution is -0.136. The number of carboxylic acids is 1. The fourth-order valence-electron chi connectivity index (χ4n) is 2.94. The molecule has 0 unspecified atom stereocenters. The predicted octanol–water partition coefficient (Wildman–Crippen LogP) is 2.62. The lowest BCUT2D eigenvalue weighted by atomic mass is 9.88. The van der Waals surface area contributed by atoms with Gasteiger partial charge in [-0.2, -0.15) is 0 Å². The third-order valence-electron chi connectivity index (χ3n) is 3.76. The van der Waals surface area contributed by atoms with Crippen molar-refractivity contribution >= 4 is 12.1 Å². The largest absolute Gasteiger partial charge is 0.480 e. The summed E-state index contributed by atoms with van der Waals surface area (Å²) >= 11 is 0. The number of rotatable bonds is 5. The first-order valence-electron chi connectivity index (χ1n) is 8.08. The van der Waals surface area contributed by atoms with Crippen LogP contribution in [-0.2, 0) is 9.53 Å². The number of ether oxygens (including phenoxy) is 1. The molecule has 1 aliphatic carbocycles. The van der Waals surface area contributed by atoms with Gasteiger partial charge in [-0.05, 0) is 47.5 Å². The first-order chi connectivity index (χ1) is 10.1. The standard InChI is InChI=1S/C16H30N2O4/c1-11(2)18(15(21)22-16(3,4)5)13-9-7-6-8-12(13)17-10-14(19)20/h11-13,17H,6-10H2,1-5H3,(H,19,20)/t12-,13-/m0/s1. The molecule has 0 aliphatic heterocycles. The second-order valence-electron chi connectivity index (χ2n) is 7.21. The second-order valence-corrected chi connectivity index (χ2v) is 7.21. The second kappa shape index (κ2) is 7.81. The van der Waals surface area contributed by atoms with Crippen LogP contribution in [0.2, 0.25) is 0 Å². The number of carboxylic acid groups (broad SMARTS) is 1. The number of nitrogens with zero attached hydrogens (tertiary/aromatic N) is 1. The zero-order chi connectivity index (χ0) is 16.9. The Bertz CT molecular complexity index is 390. The molecular formula is C16H30N2O4. The lowest BCUT2D eigenvalue weighted by Gasteiger charge is -2.42. The highest BCUT2D eigenvalue weighted by Crippen LogP contribution is 2.26. The molecule has 0 spiro atoms. The molecule has 0 aromatic carbocycles. The van der Waals surface area contributed by atoms with E-state index in [9.17, 15) is 9.59 Å². The van der Waals surface area contributed by atoms with Gasteiger partial charge < -0.3 is 20.1 Å². The maximum Gasteiger partial charge on any atom is 0.410 e. The number of hydrogen-bond donors (Lipinski definition) is 2. The highest BCUT2D eigenvalue weighted by Gasteiger charge is 2.36. The van der Waals surface area contributed by atoms with Crippen LogP contribution in [-0.4, -0.2) is 52.3 Å². The highest BCUT2D eigenvalue weighted by molar-refractivity contribution is 5.70. The fourth-order valence-corrected chi connectivity index (χ4v) is 2.94. The fraction of sp³-hybridized carbons (Fsp3) is 0.875. The molecule has 0 radical (unpaired) electrons. The summed E-state index contributed by atoms with van der Waals surface area (Å²) in [5, 5.41) is 11.9. The van der Waals surface area contributed by atoms with Crippen molar-refractivity contribution in [3.05, 3.63) is 0 Å². The minimum absolute atomic E-state index is 0.000214. The predicted molar refractivity (Wildman–Crippen MR) is 84.9 cm³/mol. The van der Waals surface area contributed by atoms with Crippen LogP contribution in [0.1, 0.15) is 60.3 Å². The van der Waals surface area contributed by atoms with Gasteiger partial charge >= 0.3 is 12.1 Å². The summed E-state index contributed by atoms with van der Waals surface area (Å²) < 4.78 is 5.53. The number of aliphatic carboxylic acids is 1. The normalized spacial score (nSPS) is 22.5. The first-order valence-corrected chi connectivity index (χ1v) is 8.08. The van der Waals surface area contributed by atoms with Crippen molar-refractivity contribution in [3.63, 3.8) is 0 Å². The average molecular weight is 314 g/mol. The Hall–Kier alpha value is -1.30. The number of hydrogen-bond acceptors (Lipinski definition) is 4. The average Bonchev–Trinajstić information content (AvgIpc) is 2.35. The molecule has 2 atom stereocenters. The van der Waals surface area contributed by atoms with Gasteiger partial charge in [0.05, 0.1) is 12.6 Å². The SMILES string of the molecule is CC(C)N(C(=O)OC(C)(C)C)[C@H]1CCCC[C@@H]1NCC(=O)O. The summed E-state index contributed by atoms with van der Waals surface area (Å²) in [7, 11) is 0. The molecule has 1 rings (SSSR count). The Morgan fingerprint density at radius 3 is 2.36 bits per heavy atom. The summed E-state index contributed by atoms with van der Waals surface area (Å²) in [6.07, 6.45) is 3.52. The zero-order valence-corrected chi connectivity index (χ0v) is 14.4. The van der Waals surface area contributed by atoms with E-state index in [0.717, 1.165) is 25.7 Å². The summed E-state index contributed by atoms with van der Waals surface area (Å²) in [5.41, 5.74) is -0.539. The van der Waals surface area contributed by atoms with Crippen molar-refractivity contribution in [2.45, 2.75) is 84.0 Å². The molecule has 0 aromatic rings. The Balaban J connectivity index is 2.85. The number of carbonyl (C=O) groups excluding carboxylic acids is 1. The van der Waals surface area contributed by atoms with E-state index in [1.165, 1.54) is 0 Å². The van der Waals surface area contributed by atoms with Crippen LogP contribution in [0.4, 0.5) is 4.79 Å². The quantitative estimate of drug-likeness (QED) is 0.815. The molecular weight excluding hydrogens is 284 g/mol. The molecule has 0 bridgehead atoms. The van der Waals surface area contributed by atoms with Gasteiger partial charge in [-0.25, -0.2) is 4.79 Å². The summed E-state index contributed by atoms with van der Waals surface area (Å²) in [4.78, 5) is 25.1. The molecule has 0 saturated heterocycles. The molecule has 6 heteroatoms. The summed E-state index contributed by atoms with van der Waals surface area (Å²) in [6, 6.07) is -0.0187. The van der Waals surface area contributed by atoms with Gasteiger partial charge in [-0.3, -0.25) is 4.79 Å². The molecule has 1 saturated carbocycles. The van der Waals surface area contributed by atoms with Crippen molar-refractivity contribution < 1.29 is 19.4 Å².